The lowest BCUT2D eigenvalue weighted by Crippen LogP contribution is -2.58. The highest BCUT2D eigenvalue weighted by molar-refractivity contribution is 7.98. The van der Waals surface area contributed by atoms with Gasteiger partial charge < -0.3 is 20.3 Å². The van der Waals surface area contributed by atoms with Gasteiger partial charge in [0.1, 0.15) is 11.6 Å². The van der Waals surface area contributed by atoms with Crippen LogP contribution < -0.4 is 10.6 Å². The summed E-state index contributed by atoms with van der Waals surface area (Å²) in [5.41, 5.74) is -0.434. The van der Waals surface area contributed by atoms with Gasteiger partial charge >= 0.3 is 0 Å². The second kappa shape index (κ2) is 9.53. The van der Waals surface area contributed by atoms with Crippen LogP contribution in [0.2, 0.25) is 0 Å². The SMILES string of the molecule is CSc1cccc(NC(=O)[C@H]2[C@H]3C=C[C@@]4(O3)[C@H]2C(=O)N(C(C)C)[C@@H]4C(=O)N[C@@H]2CCC[C@H](C)[C@@H]2C)c1. The number of hydrogen-bond acceptors (Lipinski definition) is 5. The van der Waals surface area contributed by atoms with Crippen molar-refractivity contribution in [3.63, 3.8) is 0 Å². The van der Waals surface area contributed by atoms with Gasteiger partial charge in [0.25, 0.3) is 0 Å². The molecule has 4 aliphatic rings. The molecule has 8 atom stereocenters. The van der Waals surface area contributed by atoms with Crippen LogP contribution in [-0.2, 0) is 19.1 Å². The standard InChI is InChI=1S/C28H37N3O4S/c1-15(2)31-24(26(33)30-20-11-6-8-16(3)17(20)4)28-13-12-21(35-28)22(23(28)27(31)34)25(32)29-18-9-7-10-19(14-18)36-5/h7,9-10,12-17,20-24H,6,8,11H2,1-5H3,(H,29,32)(H,30,33)/t16-,17-,20+,21+,22-,23+,24+,28+/m0/s1. The van der Waals surface area contributed by atoms with Gasteiger partial charge in [-0.05, 0) is 56.6 Å². The second-order valence-corrected chi connectivity index (χ2v) is 12.0. The number of rotatable bonds is 6. The van der Waals surface area contributed by atoms with E-state index in [0.717, 1.165) is 17.7 Å². The van der Waals surface area contributed by atoms with Gasteiger partial charge in [-0.2, -0.15) is 0 Å². The van der Waals surface area contributed by atoms with Gasteiger partial charge in [0, 0.05) is 22.7 Å². The van der Waals surface area contributed by atoms with Crippen LogP contribution in [0.5, 0.6) is 0 Å². The topological polar surface area (TPSA) is 87.7 Å². The van der Waals surface area contributed by atoms with E-state index in [1.807, 2.05) is 56.5 Å². The molecular formula is C28H37N3O4S. The molecule has 3 aliphatic heterocycles. The Bertz CT molecular complexity index is 1090. The fourth-order valence-corrected chi connectivity index (χ4v) is 7.19. The molecule has 0 aromatic heterocycles. The summed E-state index contributed by atoms with van der Waals surface area (Å²) in [6.07, 6.45) is 8.39. The smallest absolute Gasteiger partial charge is 0.246 e. The van der Waals surface area contributed by atoms with Gasteiger partial charge in [0.05, 0.1) is 17.9 Å². The van der Waals surface area contributed by atoms with E-state index < -0.39 is 29.6 Å². The Balaban J connectivity index is 1.43. The minimum Gasteiger partial charge on any atom is -0.359 e. The third-order valence-electron chi connectivity index (χ3n) is 8.79. The summed E-state index contributed by atoms with van der Waals surface area (Å²) >= 11 is 1.60. The monoisotopic (exact) mass is 511 g/mol. The van der Waals surface area contributed by atoms with E-state index in [-0.39, 0.29) is 29.8 Å². The lowest BCUT2D eigenvalue weighted by molar-refractivity contribution is -0.143. The molecule has 1 spiro atoms. The van der Waals surface area contributed by atoms with E-state index in [9.17, 15) is 14.4 Å². The first kappa shape index (κ1) is 25.3. The minimum atomic E-state index is -1.12. The lowest BCUT2D eigenvalue weighted by atomic mass is 9.73. The fraction of sp³-hybridized carbons (Fsp3) is 0.607. The summed E-state index contributed by atoms with van der Waals surface area (Å²) in [4.78, 5) is 43.9. The first-order chi connectivity index (χ1) is 17.2. The van der Waals surface area contributed by atoms with Crippen molar-refractivity contribution >= 4 is 35.2 Å². The Morgan fingerprint density at radius 2 is 1.97 bits per heavy atom. The Hall–Kier alpha value is -2.32. The molecule has 194 valence electrons. The third-order valence-corrected chi connectivity index (χ3v) is 9.52. The number of carbonyl (C=O) groups excluding carboxylic acids is 3. The summed E-state index contributed by atoms with van der Waals surface area (Å²) in [6.45, 7) is 8.26. The first-order valence-corrected chi connectivity index (χ1v) is 14.3. The van der Waals surface area contributed by atoms with Crippen molar-refractivity contribution in [2.24, 2.45) is 23.7 Å². The van der Waals surface area contributed by atoms with Crippen LogP contribution in [0.3, 0.4) is 0 Å². The summed E-state index contributed by atoms with van der Waals surface area (Å²) < 4.78 is 6.42. The van der Waals surface area contributed by atoms with Gasteiger partial charge in [-0.1, -0.05) is 44.9 Å². The van der Waals surface area contributed by atoms with Gasteiger partial charge in [0.15, 0.2) is 0 Å². The van der Waals surface area contributed by atoms with Crippen LogP contribution in [0.1, 0.15) is 47.0 Å². The molecule has 36 heavy (non-hydrogen) atoms. The van der Waals surface area contributed by atoms with E-state index >= 15 is 0 Å². The molecule has 2 bridgehead atoms. The molecule has 0 radical (unpaired) electrons. The highest BCUT2D eigenvalue weighted by Crippen LogP contribution is 2.55. The number of thioether (sulfide) groups is 1. The quantitative estimate of drug-likeness (QED) is 0.448. The molecule has 3 heterocycles. The van der Waals surface area contributed by atoms with Crippen molar-refractivity contribution in [1.82, 2.24) is 10.2 Å². The van der Waals surface area contributed by atoms with E-state index in [1.165, 1.54) is 6.42 Å². The van der Waals surface area contributed by atoms with E-state index in [4.69, 9.17) is 4.74 Å². The average molecular weight is 512 g/mol. The van der Waals surface area contributed by atoms with Crippen molar-refractivity contribution in [2.75, 3.05) is 11.6 Å². The zero-order valence-corrected chi connectivity index (χ0v) is 22.5. The molecule has 3 amide bonds. The Labute approximate surface area is 217 Å². The van der Waals surface area contributed by atoms with Crippen LogP contribution in [0.15, 0.2) is 41.3 Å². The molecule has 8 heteroatoms. The molecule has 1 saturated carbocycles. The third kappa shape index (κ3) is 3.97. The molecule has 1 aromatic carbocycles. The van der Waals surface area contributed by atoms with Crippen LogP contribution in [0.4, 0.5) is 5.69 Å². The zero-order chi connectivity index (χ0) is 25.8. The van der Waals surface area contributed by atoms with Crippen molar-refractivity contribution in [3.8, 4) is 0 Å². The first-order valence-electron chi connectivity index (χ1n) is 13.1. The molecular weight excluding hydrogens is 474 g/mol. The van der Waals surface area contributed by atoms with Crippen molar-refractivity contribution in [2.45, 2.75) is 81.7 Å². The van der Waals surface area contributed by atoms with Crippen molar-refractivity contribution in [3.05, 3.63) is 36.4 Å². The van der Waals surface area contributed by atoms with Crippen LogP contribution in [0.25, 0.3) is 0 Å². The molecule has 1 aliphatic carbocycles. The maximum absolute atomic E-state index is 13.9. The normalized spacial score (nSPS) is 36.9. The minimum absolute atomic E-state index is 0.0752. The van der Waals surface area contributed by atoms with Gasteiger partial charge in [-0.25, -0.2) is 0 Å². The number of nitrogens with zero attached hydrogens (tertiary/aromatic N) is 1. The van der Waals surface area contributed by atoms with E-state index in [1.54, 1.807) is 16.7 Å². The number of ether oxygens (including phenoxy) is 1. The maximum atomic E-state index is 13.9. The highest BCUT2D eigenvalue weighted by Gasteiger charge is 2.73. The molecule has 1 aromatic rings. The van der Waals surface area contributed by atoms with Crippen molar-refractivity contribution < 1.29 is 19.1 Å². The zero-order valence-electron chi connectivity index (χ0n) is 21.7. The molecule has 5 rings (SSSR count). The number of likely N-dealkylation sites (tertiary alicyclic amines) is 1. The predicted octanol–water partition coefficient (Wildman–Crippen LogP) is 3.85. The van der Waals surface area contributed by atoms with Crippen LogP contribution in [-0.4, -0.2) is 58.7 Å². The lowest BCUT2D eigenvalue weighted by Gasteiger charge is -2.38. The summed E-state index contributed by atoms with van der Waals surface area (Å²) in [5, 5.41) is 6.28. The van der Waals surface area contributed by atoms with Crippen LogP contribution in [0, 0.1) is 23.7 Å². The fourth-order valence-electron chi connectivity index (χ4n) is 6.74. The van der Waals surface area contributed by atoms with Gasteiger partial charge in [0.2, 0.25) is 17.7 Å². The molecule has 2 N–H and O–H groups in total. The number of nitrogens with one attached hydrogen (secondary N) is 2. The Kier molecular flexibility index (Phi) is 6.70. The number of hydrogen-bond donors (Lipinski definition) is 2. The number of fused-ring (bicyclic) bond motifs is 1. The van der Waals surface area contributed by atoms with Crippen LogP contribution >= 0.6 is 11.8 Å². The van der Waals surface area contributed by atoms with Gasteiger partial charge in [-0.15, -0.1) is 11.8 Å². The largest absolute Gasteiger partial charge is 0.359 e. The second-order valence-electron chi connectivity index (χ2n) is 11.1. The van der Waals surface area contributed by atoms with E-state index in [2.05, 4.69) is 24.5 Å². The van der Waals surface area contributed by atoms with E-state index in [0.29, 0.717) is 17.5 Å². The Morgan fingerprint density at radius 3 is 2.69 bits per heavy atom. The summed E-state index contributed by atoms with van der Waals surface area (Å²) in [7, 11) is 0. The average Bonchev–Trinajstić information content (AvgIpc) is 3.49. The predicted molar refractivity (Wildman–Crippen MR) is 140 cm³/mol. The molecule has 2 saturated heterocycles. The number of carbonyl (C=O) groups is 3. The highest BCUT2D eigenvalue weighted by atomic mass is 32.2. The van der Waals surface area contributed by atoms with Gasteiger partial charge in [-0.3, -0.25) is 14.4 Å². The molecule has 0 unspecified atom stereocenters. The number of amides is 3. The molecule has 3 fully saturated rings. The summed E-state index contributed by atoms with van der Waals surface area (Å²) in [6, 6.07) is 6.72. The summed E-state index contributed by atoms with van der Waals surface area (Å²) in [5.74, 6) is -1.11. The molecule has 7 nitrogen and oxygen atoms in total. The number of benzene rings is 1. The number of anilines is 1. The maximum Gasteiger partial charge on any atom is 0.246 e. The Morgan fingerprint density at radius 1 is 1.19 bits per heavy atom. The van der Waals surface area contributed by atoms with Crippen molar-refractivity contribution in [1.29, 1.82) is 0 Å².